The summed E-state index contributed by atoms with van der Waals surface area (Å²) >= 11 is 5.78. The van der Waals surface area contributed by atoms with Gasteiger partial charge in [0.25, 0.3) is 5.56 Å². The van der Waals surface area contributed by atoms with Crippen molar-refractivity contribution in [1.29, 1.82) is 0 Å². The fourth-order valence-electron chi connectivity index (χ4n) is 1.54. The Morgan fingerprint density at radius 3 is 2.84 bits per heavy atom. The Morgan fingerprint density at radius 1 is 1.42 bits per heavy atom. The number of hydrogen-bond acceptors (Lipinski definition) is 4. The Hall–Kier alpha value is -1.72. The van der Waals surface area contributed by atoms with Crippen molar-refractivity contribution < 1.29 is 0 Å². The number of nitrogens with one attached hydrogen (secondary N) is 2. The molecule has 6 heteroatoms. The molecule has 0 amide bonds. The van der Waals surface area contributed by atoms with Gasteiger partial charge in [-0.05, 0) is 12.1 Å². The van der Waals surface area contributed by atoms with Crippen LogP contribution < -0.4 is 10.9 Å². The van der Waals surface area contributed by atoms with E-state index in [1.807, 2.05) is 13.8 Å². The van der Waals surface area contributed by atoms with Gasteiger partial charge in [-0.1, -0.05) is 25.4 Å². The van der Waals surface area contributed by atoms with Gasteiger partial charge in [-0.3, -0.25) is 9.78 Å². The van der Waals surface area contributed by atoms with E-state index in [0.717, 1.165) is 0 Å². The maximum atomic E-state index is 11.6. The highest BCUT2D eigenvalue weighted by Gasteiger charge is 2.06. The van der Waals surface area contributed by atoms with Crippen molar-refractivity contribution >= 4 is 11.6 Å². The lowest BCUT2D eigenvalue weighted by atomic mass is 10.3. The molecule has 2 rings (SSSR count). The lowest BCUT2D eigenvalue weighted by Gasteiger charge is -2.08. The van der Waals surface area contributed by atoms with E-state index < -0.39 is 0 Å². The minimum absolute atomic E-state index is 0.192. The minimum atomic E-state index is -0.192. The van der Waals surface area contributed by atoms with Crippen LogP contribution in [0.1, 0.15) is 19.5 Å². The molecular weight excluding hydrogens is 264 g/mol. The molecule has 0 bridgehead atoms. The molecule has 0 spiro atoms. The summed E-state index contributed by atoms with van der Waals surface area (Å²) in [7, 11) is 0. The van der Waals surface area contributed by atoms with E-state index >= 15 is 0 Å². The second kappa shape index (κ2) is 5.95. The molecule has 19 heavy (non-hydrogen) atoms. The molecule has 0 saturated heterocycles. The Balaban J connectivity index is 2.30. The number of aromatic nitrogens is 3. The molecule has 2 N–H and O–H groups in total. The molecular formula is C13H15ClN4O. The van der Waals surface area contributed by atoms with Gasteiger partial charge in [-0.25, -0.2) is 4.98 Å². The molecule has 5 nitrogen and oxygen atoms in total. The minimum Gasteiger partial charge on any atom is -0.309 e. The van der Waals surface area contributed by atoms with Crippen LogP contribution in [0.2, 0.25) is 5.02 Å². The Labute approximate surface area is 116 Å². The molecule has 0 aliphatic rings. The quantitative estimate of drug-likeness (QED) is 0.897. The highest BCUT2D eigenvalue weighted by molar-refractivity contribution is 6.30. The van der Waals surface area contributed by atoms with E-state index in [1.165, 1.54) is 12.3 Å². The van der Waals surface area contributed by atoms with Gasteiger partial charge < -0.3 is 10.3 Å². The molecule has 0 aliphatic heterocycles. The van der Waals surface area contributed by atoms with Crippen molar-refractivity contribution in [3.63, 3.8) is 0 Å². The standard InChI is InChI=1S/C13H15ClN4O/c1-8(2)15-7-10-5-12(19)18-13(17-10)11-4-3-9(14)6-16-11/h3-6,8,15H,7H2,1-2H3,(H,17,18,19). The van der Waals surface area contributed by atoms with Gasteiger partial charge in [0.1, 0.15) is 5.69 Å². The third kappa shape index (κ3) is 3.87. The third-order valence-electron chi connectivity index (χ3n) is 2.46. The van der Waals surface area contributed by atoms with Crippen molar-refractivity contribution in [3.05, 3.63) is 45.5 Å². The lowest BCUT2D eigenvalue weighted by Crippen LogP contribution is -2.24. The van der Waals surface area contributed by atoms with E-state index in [4.69, 9.17) is 11.6 Å². The summed E-state index contributed by atoms with van der Waals surface area (Å²) in [6.07, 6.45) is 1.52. The van der Waals surface area contributed by atoms with Crippen LogP contribution in [0.4, 0.5) is 0 Å². The molecule has 2 aromatic heterocycles. The maximum Gasteiger partial charge on any atom is 0.251 e. The summed E-state index contributed by atoms with van der Waals surface area (Å²) in [5, 5.41) is 3.77. The van der Waals surface area contributed by atoms with Crippen LogP contribution in [-0.2, 0) is 6.54 Å². The topological polar surface area (TPSA) is 70.7 Å². The number of nitrogens with zero attached hydrogens (tertiary/aromatic N) is 2. The highest BCUT2D eigenvalue weighted by Crippen LogP contribution is 2.13. The zero-order valence-electron chi connectivity index (χ0n) is 10.8. The third-order valence-corrected chi connectivity index (χ3v) is 2.68. The van der Waals surface area contributed by atoms with Crippen LogP contribution in [0, 0.1) is 0 Å². The van der Waals surface area contributed by atoms with Gasteiger partial charge in [0, 0.05) is 24.8 Å². The van der Waals surface area contributed by atoms with Gasteiger partial charge in [0.2, 0.25) is 0 Å². The molecule has 0 saturated carbocycles. The first-order chi connectivity index (χ1) is 9.04. The van der Waals surface area contributed by atoms with Gasteiger partial charge in [0.15, 0.2) is 5.82 Å². The largest absolute Gasteiger partial charge is 0.309 e. The van der Waals surface area contributed by atoms with Gasteiger partial charge in [-0.2, -0.15) is 0 Å². The second-order valence-electron chi connectivity index (χ2n) is 4.48. The summed E-state index contributed by atoms with van der Waals surface area (Å²) in [5.41, 5.74) is 1.08. The molecule has 0 aliphatic carbocycles. The van der Waals surface area contributed by atoms with E-state index in [0.29, 0.717) is 34.8 Å². The predicted molar refractivity (Wildman–Crippen MR) is 75.1 cm³/mol. The van der Waals surface area contributed by atoms with Crippen molar-refractivity contribution in [2.24, 2.45) is 0 Å². The average molecular weight is 279 g/mol. The molecule has 0 radical (unpaired) electrons. The molecule has 0 aromatic carbocycles. The molecule has 2 aromatic rings. The van der Waals surface area contributed by atoms with E-state index in [1.54, 1.807) is 12.1 Å². The first-order valence-electron chi connectivity index (χ1n) is 6.00. The first kappa shape index (κ1) is 13.7. The summed E-state index contributed by atoms with van der Waals surface area (Å²) < 4.78 is 0. The van der Waals surface area contributed by atoms with Crippen molar-refractivity contribution in [2.45, 2.75) is 26.4 Å². The van der Waals surface area contributed by atoms with Gasteiger partial charge in [0.05, 0.1) is 10.7 Å². The second-order valence-corrected chi connectivity index (χ2v) is 4.92. The number of H-pyrrole nitrogens is 1. The van der Waals surface area contributed by atoms with E-state index in [-0.39, 0.29) is 5.56 Å². The van der Waals surface area contributed by atoms with Crippen LogP contribution in [-0.4, -0.2) is 21.0 Å². The van der Waals surface area contributed by atoms with Crippen molar-refractivity contribution in [1.82, 2.24) is 20.3 Å². The monoisotopic (exact) mass is 278 g/mol. The summed E-state index contributed by atoms with van der Waals surface area (Å²) in [4.78, 5) is 22.8. The zero-order chi connectivity index (χ0) is 13.8. The zero-order valence-corrected chi connectivity index (χ0v) is 11.5. The van der Waals surface area contributed by atoms with Gasteiger partial charge in [-0.15, -0.1) is 0 Å². The number of aromatic amines is 1. The SMILES string of the molecule is CC(C)NCc1cc(=O)[nH]c(-c2ccc(Cl)cn2)n1. The number of pyridine rings is 1. The number of rotatable bonds is 4. The van der Waals surface area contributed by atoms with Crippen LogP contribution in [0.15, 0.2) is 29.2 Å². The number of halogens is 1. The van der Waals surface area contributed by atoms with Crippen LogP contribution >= 0.6 is 11.6 Å². The summed E-state index contributed by atoms with van der Waals surface area (Å²) in [6.45, 7) is 4.62. The first-order valence-corrected chi connectivity index (χ1v) is 6.38. The van der Waals surface area contributed by atoms with Crippen molar-refractivity contribution in [3.8, 4) is 11.5 Å². The lowest BCUT2D eigenvalue weighted by molar-refractivity contribution is 0.580. The van der Waals surface area contributed by atoms with Crippen LogP contribution in [0.5, 0.6) is 0 Å². The molecule has 0 fully saturated rings. The van der Waals surface area contributed by atoms with Crippen LogP contribution in [0.3, 0.4) is 0 Å². The highest BCUT2D eigenvalue weighted by atomic mass is 35.5. The molecule has 0 unspecified atom stereocenters. The Bertz CT molecular complexity index is 607. The summed E-state index contributed by atoms with van der Waals surface area (Å²) in [6, 6.07) is 5.25. The van der Waals surface area contributed by atoms with Crippen LogP contribution in [0.25, 0.3) is 11.5 Å². The average Bonchev–Trinajstić information content (AvgIpc) is 2.36. The van der Waals surface area contributed by atoms with E-state index in [2.05, 4.69) is 20.3 Å². The molecule has 0 atom stereocenters. The fourth-order valence-corrected chi connectivity index (χ4v) is 1.66. The smallest absolute Gasteiger partial charge is 0.251 e. The molecule has 2 heterocycles. The summed E-state index contributed by atoms with van der Waals surface area (Å²) in [5.74, 6) is 0.449. The van der Waals surface area contributed by atoms with Crippen molar-refractivity contribution in [2.75, 3.05) is 0 Å². The maximum absolute atomic E-state index is 11.6. The Morgan fingerprint density at radius 2 is 2.21 bits per heavy atom. The number of hydrogen-bond donors (Lipinski definition) is 2. The Kier molecular flexibility index (Phi) is 4.29. The molecule has 100 valence electrons. The van der Waals surface area contributed by atoms with E-state index in [9.17, 15) is 4.79 Å². The fraction of sp³-hybridized carbons (Fsp3) is 0.308. The predicted octanol–water partition coefficient (Wildman–Crippen LogP) is 1.98. The normalized spacial score (nSPS) is 10.9. The van der Waals surface area contributed by atoms with Gasteiger partial charge >= 0.3 is 0 Å².